The number of benzene rings is 3. The topological polar surface area (TPSA) is 61.1 Å². The molecule has 0 bridgehead atoms. The first-order chi connectivity index (χ1) is 12.0. The van der Waals surface area contributed by atoms with Gasteiger partial charge in [-0.3, -0.25) is 4.79 Å². The van der Waals surface area contributed by atoms with Crippen molar-refractivity contribution in [1.29, 1.82) is 5.26 Å². The van der Waals surface area contributed by atoms with Crippen LogP contribution in [-0.4, -0.2) is 11.1 Å². The van der Waals surface area contributed by atoms with Crippen molar-refractivity contribution in [3.8, 4) is 6.07 Å². The van der Waals surface area contributed by atoms with Gasteiger partial charge in [0.1, 0.15) is 5.82 Å². The van der Waals surface area contributed by atoms with E-state index >= 15 is 0 Å². The Morgan fingerprint density at radius 3 is 2.52 bits per heavy atom. The zero-order chi connectivity index (χ0) is 18.0. The Morgan fingerprint density at radius 2 is 1.88 bits per heavy atom. The van der Waals surface area contributed by atoms with Crippen molar-refractivity contribution in [2.75, 3.05) is 0 Å². The van der Waals surface area contributed by atoms with Crippen LogP contribution in [0.3, 0.4) is 0 Å². The van der Waals surface area contributed by atoms with Gasteiger partial charge in [-0.15, -0.1) is 0 Å². The van der Waals surface area contributed by atoms with Gasteiger partial charge >= 0.3 is 5.97 Å². The number of fused-ring (bicyclic) bond motifs is 1. The Balaban J connectivity index is 2.15. The average molecular weight is 333 g/mol. The highest BCUT2D eigenvalue weighted by atomic mass is 19.1. The number of carboxylic acids is 1. The molecule has 0 fully saturated rings. The third kappa shape index (κ3) is 3.51. The van der Waals surface area contributed by atoms with Gasteiger partial charge in [0.05, 0.1) is 18.1 Å². The molecule has 0 radical (unpaired) electrons. The van der Waals surface area contributed by atoms with Crippen molar-refractivity contribution in [1.82, 2.24) is 0 Å². The molecule has 0 unspecified atom stereocenters. The summed E-state index contributed by atoms with van der Waals surface area (Å²) in [4.78, 5) is 11.2. The highest BCUT2D eigenvalue weighted by Gasteiger charge is 2.14. The molecule has 25 heavy (non-hydrogen) atoms. The van der Waals surface area contributed by atoms with E-state index in [0.29, 0.717) is 12.0 Å². The van der Waals surface area contributed by atoms with Gasteiger partial charge in [-0.25, -0.2) is 4.39 Å². The smallest absolute Gasteiger partial charge is 0.307 e. The summed E-state index contributed by atoms with van der Waals surface area (Å²) in [7, 11) is 0. The number of hydrogen-bond donors (Lipinski definition) is 1. The van der Waals surface area contributed by atoms with Gasteiger partial charge in [-0.1, -0.05) is 24.3 Å². The summed E-state index contributed by atoms with van der Waals surface area (Å²) < 4.78 is 13.8. The largest absolute Gasteiger partial charge is 0.481 e. The minimum atomic E-state index is -0.895. The van der Waals surface area contributed by atoms with Crippen LogP contribution in [0.15, 0.2) is 48.5 Å². The second-order valence-corrected chi connectivity index (χ2v) is 6.06. The number of carbonyl (C=O) groups is 1. The van der Waals surface area contributed by atoms with E-state index in [0.717, 1.165) is 33.0 Å². The number of nitriles is 1. The maximum Gasteiger partial charge on any atom is 0.307 e. The van der Waals surface area contributed by atoms with Crippen molar-refractivity contribution in [2.24, 2.45) is 0 Å². The van der Waals surface area contributed by atoms with Crippen LogP contribution in [0, 0.1) is 24.1 Å². The molecule has 3 aromatic carbocycles. The molecule has 0 saturated carbocycles. The Hall–Kier alpha value is -3.19. The van der Waals surface area contributed by atoms with E-state index in [1.807, 2.05) is 25.1 Å². The number of halogens is 1. The van der Waals surface area contributed by atoms with Crippen molar-refractivity contribution in [2.45, 2.75) is 19.8 Å². The van der Waals surface area contributed by atoms with Crippen molar-refractivity contribution < 1.29 is 14.3 Å². The molecular formula is C21H16FNO2. The molecule has 0 aliphatic rings. The first-order valence-corrected chi connectivity index (χ1v) is 7.89. The lowest BCUT2D eigenvalue weighted by molar-refractivity contribution is -0.136. The summed E-state index contributed by atoms with van der Waals surface area (Å²) in [5, 5.41) is 19.7. The van der Waals surface area contributed by atoms with Crippen LogP contribution in [0.1, 0.15) is 27.8 Å². The maximum atomic E-state index is 13.8. The molecule has 124 valence electrons. The number of nitrogens with zero attached hydrogens (tertiary/aromatic N) is 1. The van der Waals surface area contributed by atoms with Gasteiger partial charge in [0, 0.05) is 0 Å². The van der Waals surface area contributed by atoms with Crippen LogP contribution >= 0.6 is 0 Å². The van der Waals surface area contributed by atoms with Crippen molar-refractivity contribution in [3.63, 3.8) is 0 Å². The molecule has 0 aliphatic carbocycles. The minimum absolute atomic E-state index is 0.0699. The number of rotatable bonds is 4. The van der Waals surface area contributed by atoms with Gasteiger partial charge < -0.3 is 5.11 Å². The van der Waals surface area contributed by atoms with Crippen LogP contribution in [0.4, 0.5) is 4.39 Å². The fourth-order valence-electron chi connectivity index (χ4n) is 3.08. The molecule has 0 aliphatic heterocycles. The Morgan fingerprint density at radius 1 is 1.16 bits per heavy atom. The van der Waals surface area contributed by atoms with Crippen LogP contribution in [0.25, 0.3) is 10.8 Å². The maximum absolute atomic E-state index is 13.8. The van der Waals surface area contributed by atoms with E-state index in [1.54, 1.807) is 18.2 Å². The van der Waals surface area contributed by atoms with E-state index < -0.39 is 5.97 Å². The van der Waals surface area contributed by atoms with Crippen LogP contribution < -0.4 is 0 Å². The average Bonchev–Trinajstić information content (AvgIpc) is 2.59. The molecule has 0 amide bonds. The summed E-state index contributed by atoms with van der Waals surface area (Å²) in [5.74, 6) is -1.21. The lowest BCUT2D eigenvalue weighted by Gasteiger charge is -2.15. The summed E-state index contributed by atoms with van der Waals surface area (Å²) in [6, 6.07) is 15.7. The second kappa shape index (κ2) is 6.74. The molecule has 0 atom stereocenters. The van der Waals surface area contributed by atoms with Gasteiger partial charge in [0.15, 0.2) is 0 Å². The van der Waals surface area contributed by atoms with Crippen LogP contribution in [-0.2, 0) is 17.6 Å². The van der Waals surface area contributed by atoms with Crippen molar-refractivity contribution >= 4 is 16.7 Å². The van der Waals surface area contributed by atoms with E-state index in [2.05, 4.69) is 6.07 Å². The molecule has 4 heteroatoms. The van der Waals surface area contributed by atoms with E-state index in [9.17, 15) is 9.18 Å². The SMILES string of the molecule is Cc1c(CC(=O)O)cc2ccc(F)cc2c1Cc1ccc(C#N)cc1. The fourth-order valence-corrected chi connectivity index (χ4v) is 3.08. The highest BCUT2D eigenvalue weighted by molar-refractivity contribution is 5.89. The van der Waals surface area contributed by atoms with Crippen molar-refractivity contribution in [3.05, 3.63) is 82.2 Å². The molecule has 3 nitrogen and oxygen atoms in total. The lowest BCUT2D eigenvalue weighted by atomic mass is 9.89. The first kappa shape index (κ1) is 16.7. The Bertz CT molecular complexity index is 1000. The van der Waals surface area contributed by atoms with Gasteiger partial charge in [0.25, 0.3) is 0 Å². The van der Waals surface area contributed by atoms with Crippen LogP contribution in [0.2, 0.25) is 0 Å². The van der Waals surface area contributed by atoms with Gasteiger partial charge in [0.2, 0.25) is 0 Å². The number of hydrogen-bond acceptors (Lipinski definition) is 2. The first-order valence-electron chi connectivity index (χ1n) is 7.89. The molecule has 0 spiro atoms. The normalized spacial score (nSPS) is 10.6. The standard InChI is InChI=1S/C21H16FNO2/c1-13-17(10-21(24)25)9-16-6-7-18(22)11-20(16)19(13)8-14-2-4-15(12-23)5-3-14/h2-7,9,11H,8,10H2,1H3,(H,24,25). The highest BCUT2D eigenvalue weighted by Crippen LogP contribution is 2.29. The van der Waals surface area contributed by atoms with E-state index in [-0.39, 0.29) is 12.2 Å². The van der Waals surface area contributed by atoms with E-state index in [1.165, 1.54) is 12.1 Å². The van der Waals surface area contributed by atoms with Gasteiger partial charge in [-0.05, 0) is 70.6 Å². The second-order valence-electron chi connectivity index (χ2n) is 6.06. The Labute approximate surface area is 145 Å². The summed E-state index contributed by atoms with van der Waals surface area (Å²) in [5.41, 5.74) is 4.08. The molecule has 0 heterocycles. The fraction of sp³-hybridized carbons (Fsp3) is 0.143. The molecule has 0 aromatic heterocycles. The number of aliphatic carboxylic acids is 1. The summed E-state index contributed by atoms with van der Waals surface area (Å²) in [6.45, 7) is 1.88. The lowest BCUT2D eigenvalue weighted by Crippen LogP contribution is -2.05. The molecule has 3 rings (SSSR count). The quantitative estimate of drug-likeness (QED) is 0.771. The minimum Gasteiger partial charge on any atom is -0.481 e. The molecular weight excluding hydrogens is 317 g/mol. The Kier molecular flexibility index (Phi) is 4.49. The van der Waals surface area contributed by atoms with Gasteiger partial charge in [-0.2, -0.15) is 5.26 Å². The summed E-state index contributed by atoms with van der Waals surface area (Å²) in [6.07, 6.45) is 0.477. The monoisotopic (exact) mass is 333 g/mol. The zero-order valence-electron chi connectivity index (χ0n) is 13.7. The zero-order valence-corrected chi connectivity index (χ0v) is 13.7. The van der Waals surface area contributed by atoms with Crippen LogP contribution in [0.5, 0.6) is 0 Å². The third-order valence-electron chi connectivity index (χ3n) is 4.41. The predicted octanol–water partition coefficient (Wildman–Crippen LogP) is 4.38. The van der Waals surface area contributed by atoms with E-state index in [4.69, 9.17) is 10.4 Å². The third-order valence-corrected chi connectivity index (χ3v) is 4.41. The summed E-state index contributed by atoms with van der Waals surface area (Å²) >= 11 is 0. The molecule has 1 N–H and O–H groups in total. The predicted molar refractivity (Wildman–Crippen MR) is 93.9 cm³/mol. The molecule has 0 saturated heterocycles. The number of carboxylic acid groups (broad SMARTS) is 1. The molecule has 3 aromatic rings.